The molecule has 0 aliphatic rings. The highest BCUT2D eigenvalue weighted by Crippen LogP contribution is 2.31. The lowest BCUT2D eigenvalue weighted by Crippen LogP contribution is -1.92. The molecular weight excluding hydrogens is 376 g/mol. The zero-order valence-electron chi connectivity index (χ0n) is 15.6. The Morgan fingerprint density at radius 3 is 1.66 bits per heavy atom. The average molecular weight is 393 g/mol. The van der Waals surface area contributed by atoms with Crippen molar-refractivity contribution >= 4 is 22.5 Å². The van der Waals surface area contributed by atoms with Crippen LogP contribution in [0.3, 0.4) is 0 Å². The molecule has 0 saturated carbocycles. The van der Waals surface area contributed by atoms with Gasteiger partial charge >= 0.3 is 0 Å². The van der Waals surface area contributed by atoms with E-state index in [0.717, 1.165) is 33.3 Å². The average Bonchev–Trinajstić information content (AvgIpc) is 2.79. The van der Waals surface area contributed by atoms with Crippen LogP contribution < -0.4 is 0 Å². The van der Waals surface area contributed by atoms with Crippen LogP contribution >= 0.6 is 11.6 Å². The van der Waals surface area contributed by atoms with Gasteiger partial charge in [-0.2, -0.15) is 0 Å². The second-order valence-corrected chi connectivity index (χ2v) is 7.22. The lowest BCUT2D eigenvalue weighted by Gasteiger charge is -2.09. The fourth-order valence-corrected chi connectivity index (χ4v) is 3.76. The van der Waals surface area contributed by atoms with E-state index in [1.807, 2.05) is 36.4 Å². The molecule has 0 bridgehead atoms. The van der Waals surface area contributed by atoms with Gasteiger partial charge in [-0.3, -0.25) is 0 Å². The molecule has 1 aromatic heterocycles. The summed E-state index contributed by atoms with van der Waals surface area (Å²) in [6.45, 7) is 0. The molecule has 4 aromatic carbocycles. The minimum Gasteiger partial charge on any atom is -0.218 e. The molecule has 5 aromatic rings. The number of nitrogens with zero attached hydrogens (tertiary/aromatic N) is 2. The van der Waals surface area contributed by atoms with Crippen molar-refractivity contribution in [3.05, 3.63) is 108 Å². The molecule has 0 spiro atoms. The SMILES string of the molecule is Clc1nc(-c2ccccc2)c2ccc(-c3ccc(-c4ccccc4)cc3)cc2n1. The van der Waals surface area contributed by atoms with Gasteiger partial charge in [-0.1, -0.05) is 91.0 Å². The largest absolute Gasteiger partial charge is 0.223 e. The summed E-state index contributed by atoms with van der Waals surface area (Å²) in [7, 11) is 0. The number of hydrogen-bond acceptors (Lipinski definition) is 2. The predicted octanol–water partition coefficient (Wildman–Crippen LogP) is 7.28. The quantitative estimate of drug-likeness (QED) is 0.301. The van der Waals surface area contributed by atoms with Gasteiger partial charge in [-0.25, -0.2) is 9.97 Å². The summed E-state index contributed by atoms with van der Waals surface area (Å²) < 4.78 is 0. The van der Waals surface area contributed by atoms with Crippen LogP contribution in [0.25, 0.3) is 44.4 Å². The summed E-state index contributed by atoms with van der Waals surface area (Å²) in [5, 5.41) is 1.25. The molecule has 0 atom stereocenters. The molecule has 0 aliphatic carbocycles. The molecule has 5 rings (SSSR count). The number of aromatic nitrogens is 2. The van der Waals surface area contributed by atoms with Crippen molar-refractivity contribution in [3.63, 3.8) is 0 Å². The van der Waals surface area contributed by atoms with Gasteiger partial charge in [0.1, 0.15) is 0 Å². The van der Waals surface area contributed by atoms with E-state index in [0.29, 0.717) is 0 Å². The van der Waals surface area contributed by atoms with E-state index in [4.69, 9.17) is 11.6 Å². The van der Waals surface area contributed by atoms with Crippen molar-refractivity contribution in [2.24, 2.45) is 0 Å². The highest BCUT2D eigenvalue weighted by Gasteiger charge is 2.10. The second-order valence-electron chi connectivity index (χ2n) is 6.88. The molecular formula is C26H17ClN2. The maximum atomic E-state index is 6.24. The Bertz CT molecular complexity index is 1280. The van der Waals surface area contributed by atoms with Crippen LogP contribution in [-0.4, -0.2) is 9.97 Å². The van der Waals surface area contributed by atoms with Crippen LogP contribution in [0.4, 0.5) is 0 Å². The van der Waals surface area contributed by atoms with Crippen molar-refractivity contribution in [2.45, 2.75) is 0 Å². The summed E-state index contributed by atoms with van der Waals surface area (Å²) in [5.41, 5.74) is 7.38. The third kappa shape index (κ3) is 3.51. The molecule has 0 saturated heterocycles. The predicted molar refractivity (Wildman–Crippen MR) is 121 cm³/mol. The van der Waals surface area contributed by atoms with Gasteiger partial charge in [0, 0.05) is 10.9 Å². The van der Waals surface area contributed by atoms with Gasteiger partial charge in [0.05, 0.1) is 11.2 Å². The molecule has 1 heterocycles. The van der Waals surface area contributed by atoms with Gasteiger partial charge in [0.25, 0.3) is 0 Å². The van der Waals surface area contributed by atoms with Crippen molar-refractivity contribution in [2.75, 3.05) is 0 Å². The summed E-state index contributed by atoms with van der Waals surface area (Å²) in [6, 6.07) is 35.3. The van der Waals surface area contributed by atoms with E-state index in [1.54, 1.807) is 0 Å². The smallest absolute Gasteiger partial charge is 0.218 e. The monoisotopic (exact) mass is 392 g/mol. The number of hydrogen-bond donors (Lipinski definition) is 0. The first-order valence-electron chi connectivity index (χ1n) is 9.46. The zero-order valence-corrected chi connectivity index (χ0v) is 16.3. The van der Waals surface area contributed by atoms with Crippen molar-refractivity contribution in [1.29, 1.82) is 0 Å². The van der Waals surface area contributed by atoms with E-state index >= 15 is 0 Å². The third-order valence-corrected chi connectivity index (χ3v) is 5.21. The van der Waals surface area contributed by atoms with Crippen molar-refractivity contribution < 1.29 is 0 Å². The normalized spacial score (nSPS) is 10.9. The first-order valence-corrected chi connectivity index (χ1v) is 9.84. The van der Waals surface area contributed by atoms with Gasteiger partial charge in [0.2, 0.25) is 5.28 Å². The number of halogens is 1. The van der Waals surface area contributed by atoms with Crippen LogP contribution in [0.5, 0.6) is 0 Å². The zero-order chi connectivity index (χ0) is 19.6. The Morgan fingerprint density at radius 1 is 0.483 bits per heavy atom. The topological polar surface area (TPSA) is 25.8 Å². The summed E-state index contributed by atoms with van der Waals surface area (Å²) in [6.07, 6.45) is 0. The molecule has 29 heavy (non-hydrogen) atoms. The van der Waals surface area contributed by atoms with Gasteiger partial charge in [-0.15, -0.1) is 0 Å². The van der Waals surface area contributed by atoms with Crippen LogP contribution in [-0.2, 0) is 0 Å². The minimum atomic E-state index is 0.257. The summed E-state index contributed by atoms with van der Waals surface area (Å²) in [5.74, 6) is 0. The summed E-state index contributed by atoms with van der Waals surface area (Å²) >= 11 is 6.24. The van der Waals surface area contributed by atoms with E-state index in [9.17, 15) is 0 Å². The second kappa shape index (κ2) is 7.50. The maximum Gasteiger partial charge on any atom is 0.223 e. The van der Waals surface area contributed by atoms with Gasteiger partial charge in [0.15, 0.2) is 0 Å². The Balaban J connectivity index is 1.57. The fourth-order valence-electron chi connectivity index (χ4n) is 3.58. The molecule has 0 fully saturated rings. The molecule has 0 radical (unpaired) electrons. The number of benzene rings is 4. The lowest BCUT2D eigenvalue weighted by atomic mass is 9.98. The third-order valence-electron chi connectivity index (χ3n) is 5.04. The van der Waals surface area contributed by atoms with Crippen LogP contribution in [0.1, 0.15) is 0 Å². The molecule has 3 heteroatoms. The van der Waals surface area contributed by atoms with Gasteiger partial charge < -0.3 is 0 Å². The standard InChI is InChI=1S/C26H17ClN2/c27-26-28-24-17-22(15-16-23(24)25(29-26)21-9-5-2-6-10-21)20-13-11-19(12-14-20)18-7-3-1-4-8-18/h1-17H. The minimum absolute atomic E-state index is 0.257. The molecule has 2 nitrogen and oxygen atoms in total. The fraction of sp³-hybridized carbons (Fsp3) is 0. The van der Waals surface area contributed by atoms with E-state index in [-0.39, 0.29) is 5.28 Å². The van der Waals surface area contributed by atoms with Crippen molar-refractivity contribution in [1.82, 2.24) is 9.97 Å². The van der Waals surface area contributed by atoms with Crippen LogP contribution in [0.15, 0.2) is 103 Å². The Morgan fingerprint density at radius 2 is 1.00 bits per heavy atom. The van der Waals surface area contributed by atoms with Crippen molar-refractivity contribution in [3.8, 4) is 33.5 Å². The molecule has 0 amide bonds. The Kier molecular flexibility index (Phi) is 4.55. The van der Waals surface area contributed by atoms with Crippen LogP contribution in [0.2, 0.25) is 5.28 Å². The molecule has 0 N–H and O–H groups in total. The van der Waals surface area contributed by atoms with E-state index in [2.05, 4.69) is 76.7 Å². The Hall–Kier alpha value is -3.49. The number of fused-ring (bicyclic) bond motifs is 1. The van der Waals surface area contributed by atoms with Crippen LogP contribution in [0, 0.1) is 0 Å². The molecule has 0 aliphatic heterocycles. The van der Waals surface area contributed by atoms with Gasteiger partial charge in [-0.05, 0) is 46.0 Å². The number of rotatable bonds is 3. The molecule has 0 unspecified atom stereocenters. The highest BCUT2D eigenvalue weighted by molar-refractivity contribution is 6.28. The van der Waals surface area contributed by atoms with E-state index < -0.39 is 0 Å². The highest BCUT2D eigenvalue weighted by atomic mass is 35.5. The first-order chi connectivity index (χ1) is 14.3. The first kappa shape index (κ1) is 17.6. The lowest BCUT2D eigenvalue weighted by molar-refractivity contribution is 1.22. The van der Waals surface area contributed by atoms with E-state index in [1.165, 1.54) is 11.1 Å². The summed E-state index contributed by atoms with van der Waals surface area (Å²) in [4.78, 5) is 8.94. The Labute approximate surface area is 174 Å². The maximum absolute atomic E-state index is 6.24. The molecule has 138 valence electrons.